The van der Waals surface area contributed by atoms with E-state index in [1.165, 1.54) is 23.8 Å². The van der Waals surface area contributed by atoms with Crippen LogP contribution in [0.4, 0.5) is 0 Å². The summed E-state index contributed by atoms with van der Waals surface area (Å²) in [5.41, 5.74) is 0. The first-order chi connectivity index (χ1) is 7.43. The fourth-order valence-electron chi connectivity index (χ4n) is 1.11. The van der Waals surface area contributed by atoms with Gasteiger partial charge in [-0.1, -0.05) is 13.3 Å². The predicted molar refractivity (Wildman–Crippen MR) is 69.3 cm³/mol. The summed E-state index contributed by atoms with van der Waals surface area (Å²) in [5.74, 6) is 1.26. The molecule has 0 nitrogen and oxygen atoms in total. The third-order valence-corrected chi connectivity index (χ3v) is 3.05. The topological polar surface area (TPSA) is 0 Å². The molecule has 2 fully saturated rings. The molecular weight excluding hydrogens is 256 g/mol. The molecule has 16 heavy (non-hydrogen) atoms. The van der Waals surface area contributed by atoms with Crippen molar-refractivity contribution >= 4 is 11.8 Å². The number of thioether (sulfide) groups is 1. The van der Waals surface area contributed by atoms with Gasteiger partial charge in [-0.2, -0.15) is 11.8 Å². The Kier molecular flexibility index (Phi) is 13.0. The fraction of sp³-hybridized carbons (Fsp3) is 0.286. The molecule has 0 bridgehead atoms. The molecule has 0 unspecified atom stereocenters. The second-order valence-electron chi connectivity index (χ2n) is 3.28. The van der Waals surface area contributed by atoms with Crippen LogP contribution in [-0.4, -0.2) is 5.75 Å². The predicted octanol–water partition coefficient (Wildman–Crippen LogP) is 3.90. The molecule has 0 saturated heterocycles. The Balaban J connectivity index is 0.000000318. The van der Waals surface area contributed by atoms with Gasteiger partial charge >= 0.3 is 0 Å². The van der Waals surface area contributed by atoms with Crippen molar-refractivity contribution in [3.63, 3.8) is 0 Å². The van der Waals surface area contributed by atoms with E-state index in [0.717, 1.165) is 0 Å². The molecule has 2 saturated carbocycles. The van der Waals surface area contributed by atoms with Gasteiger partial charge in [0.25, 0.3) is 0 Å². The smallest absolute Gasteiger partial charge is 0.0380 e. The average molecular weight is 274 g/mol. The van der Waals surface area contributed by atoms with E-state index >= 15 is 0 Å². The minimum atomic E-state index is 0. The Morgan fingerprint density at radius 3 is 1.81 bits per heavy atom. The van der Waals surface area contributed by atoms with Crippen LogP contribution in [0.5, 0.6) is 0 Å². The van der Waals surface area contributed by atoms with Crippen molar-refractivity contribution in [3.05, 3.63) is 63.0 Å². The summed E-state index contributed by atoms with van der Waals surface area (Å²) in [6, 6.07) is 0. The van der Waals surface area contributed by atoms with E-state index < -0.39 is 0 Å². The molecule has 2 aliphatic rings. The second-order valence-corrected chi connectivity index (χ2v) is 4.45. The Hall–Kier alpha value is 0.869. The van der Waals surface area contributed by atoms with Crippen LogP contribution in [-0.2, 0) is 17.1 Å². The number of hydrogen-bond donors (Lipinski definition) is 0. The molecule has 0 N–H and O–H groups in total. The number of rotatable bonds is 4. The summed E-state index contributed by atoms with van der Waals surface area (Å²) in [4.78, 5) is 0. The summed E-state index contributed by atoms with van der Waals surface area (Å²) in [6.07, 6.45) is 21.1. The van der Waals surface area contributed by atoms with Crippen molar-refractivity contribution in [2.75, 3.05) is 5.75 Å². The van der Waals surface area contributed by atoms with Gasteiger partial charge in [0, 0.05) is 22.3 Å². The zero-order valence-electron chi connectivity index (χ0n) is 9.58. The molecule has 0 aliphatic heterocycles. The minimum absolute atomic E-state index is 0. The van der Waals surface area contributed by atoms with E-state index in [9.17, 15) is 0 Å². The Morgan fingerprint density at radius 2 is 1.38 bits per heavy atom. The molecule has 0 spiro atoms. The molecule has 2 aliphatic carbocycles. The molecule has 2 rings (SSSR count). The summed E-state index contributed by atoms with van der Waals surface area (Å²) >= 11 is 1.95. The van der Waals surface area contributed by atoms with Crippen molar-refractivity contribution in [2.45, 2.75) is 19.8 Å². The van der Waals surface area contributed by atoms with Crippen LogP contribution in [0.3, 0.4) is 0 Å². The molecule has 2 heteroatoms. The van der Waals surface area contributed by atoms with Crippen molar-refractivity contribution < 1.29 is 17.1 Å². The van der Waals surface area contributed by atoms with Crippen LogP contribution in [0.25, 0.3) is 0 Å². The molecule has 88 valence electrons. The number of unbranched alkanes of at least 4 members (excludes halogenated alkanes) is 1. The maximum atomic E-state index is 2.23. The summed E-state index contributed by atoms with van der Waals surface area (Å²) in [5, 5.41) is 1.41. The maximum absolute atomic E-state index is 2.23. The van der Waals surface area contributed by atoms with Gasteiger partial charge in [0.1, 0.15) is 0 Å². The van der Waals surface area contributed by atoms with Crippen LogP contribution >= 0.6 is 11.8 Å². The van der Waals surface area contributed by atoms with Gasteiger partial charge in [0.2, 0.25) is 0 Å². The Morgan fingerprint density at radius 1 is 0.875 bits per heavy atom. The first kappa shape index (κ1) is 16.9. The maximum Gasteiger partial charge on any atom is 0.0380 e. The quantitative estimate of drug-likeness (QED) is 0.553. The van der Waals surface area contributed by atoms with Gasteiger partial charge in [-0.3, -0.25) is 0 Å². The normalized spacial score (nSPS) is 20.1. The fourth-order valence-corrected chi connectivity index (χ4v) is 2.13. The van der Waals surface area contributed by atoms with Crippen LogP contribution < -0.4 is 0 Å². The molecular formula is C14H18FeS. The van der Waals surface area contributed by atoms with E-state index in [0.29, 0.717) is 0 Å². The molecule has 0 atom stereocenters. The third-order valence-electron chi connectivity index (χ3n) is 1.95. The van der Waals surface area contributed by atoms with Crippen molar-refractivity contribution in [1.29, 1.82) is 0 Å². The third kappa shape index (κ3) is 8.96. The van der Waals surface area contributed by atoms with E-state index in [1.54, 1.807) is 0 Å². The van der Waals surface area contributed by atoms with Gasteiger partial charge < -0.3 is 0 Å². The zero-order chi connectivity index (χ0) is 10.8. The molecule has 0 aromatic carbocycles. The molecule has 0 heterocycles. The van der Waals surface area contributed by atoms with Gasteiger partial charge in [-0.25, -0.2) is 0 Å². The molecule has 0 aromatic rings. The largest absolute Gasteiger partial charge is 0.153 e. The van der Waals surface area contributed by atoms with Gasteiger partial charge in [0.05, 0.1) is 0 Å². The first-order valence-electron chi connectivity index (χ1n) is 5.44. The van der Waals surface area contributed by atoms with Crippen molar-refractivity contribution in [1.82, 2.24) is 0 Å². The van der Waals surface area contributed by atoms with Gasteiger partial charge in [-0.15, -0.1) is 0 Å². The van der Waals surface area contributed by atoms with Crippen LogP contribution in [0, 0.1) is 63.0 Å². The Bertz CT molecular complexity index is 121. The van der Waals surface area contributed by atoms with E-state index in [2.05, 4.69) is 32.6 Å². The van der Waals surface area contributed by atoms with Crippen LogP contribution in [0.2, 0.25) is 0 Å². The van der Waals surface area contributed by atoms with E-state index in [4.69, 9.17) is 0 Å². The van der Waals surface area contributed by atoms with Crippen molar-refractivity contribution in [3.8, 4) is 0 Å². The monoisotopic (exact) mass is 274 g/mol. The zero-order valence-corrected chi connectivity index (χ0v) is 11.5. The van der Waals surface area contributed by atoms with Crippen molar-refractivity contribution in [2.24, 2.45) is 0 Å². The van der Waals surface area contributed by atoms with Crippen LogP contribution in [0.1, 0.15) is 19.8 Å². The first-order valence-corrected chi connectivity index (χ1v) is 6.43. The SMILES string of the molecule is CCCCS[C]1[CH][CH][CH][CH]1.[CH]1[CH][CH][CH][CH]1.[Fe]. The van der Waals surface area contributed by atoms with Crippen LogP contribution in [0.15, 0.2) is 0 Å². The van der Waals surface area contributed by atoms with E-state index in [1.807, 2.05) is 43.9 Å². The number of hydrogen-bond acceptors (Lipinski definition) is 1. The summed E-state index contributed by atoms with van der Waals surface area (Å²) in [7, 11) is 0. The Labute approximate surface area is 117 Å². The summed E-state index contributed by atoms with van der Waals surface area (Å²) in [6.45, 7) is 2.23. The standard InChI is InChI=1S/C9H13S.C5H5.Fe/c1-2-3-8-10-9-6-4-5-7-9;1-2-4-5-3-1;/h4-7H,2-3,8H2,1H3;1-5H;. The average Bonchev–Trinajstić information content (AvgIpc) is 2.94. The molecule has 0 aromatic heterocycles. The molecule has 0 amide bonds. The summed E-state index contributed by atoms with van der Waals surface area (Å²) < 4.78 is 0. The second kappa shape index (κ2) is 12.3. The minimum Gasteiger partial charge on any atom is -0.153 e. The van der Waals surface area contributed by atoms with Gasteiger partial charge in [-0.05, 0) is 70.0 Å². The van der Waals surface area contributed by atoms with Gasteiger partial charge in [0.15, 0.2) is 0 Å². The molecule has 10 radical (unpaired) electrons. The van der Waals surface area contributed by atoms with E-state index in [-0.39, 0.29) is 17.1 Å².